The predicted molar refractivity (Wildman–Crippen MR) is 115 cm³/mol. The molecular weight excluding hydrogens is 473 g/mol. The predicted octanol–water partition coefficient (Wildman–Crippen LogP) is 1.89. The minimum absolute atomic E-state index is 0.0341. The third-order valence-electron chi connectivity index (χ3n) is 5.38. The number of likely N-dealkylation sites (tertiary alicyclic amines) is 1. The van der Waals surface area contributed by atoms with Crippen molar-refractivity contribution < 1.29 is 30.9 Å². The third-order valence-corrected chi connectivity index (χ3v) is 8.14. The maximum absolute atomic E-state index is 13.1. The van der Waals surface area contributed by atoms with Crippen LogP contribution < -0.4 is 0 Å². The summed E-state index contributed by atoms with van der Waals surface area (Å²) in [5.41, 5.74) is 0.833. The highest BCUT2D eigenvalue weighted by Gasteiger charge is 2.36. The number of aliphatic hydroxyl groups excluding tert-OH is 1. The van der Waals surface area contributed by atoms with E-state index in [1.807, 2.05) is 4.90 Å². The fourth-order valence-electron chi connectivity index (χ4n) is 3.74. The lowest BCUT2D eigenvalue weighted by Gasteiger charge is -2.21. The molecule has 0 amide bonds. The van der Waals surface area contributed by atoms with Crippen molar-refractivity contribution in [2.75, 3.05) is 12.8 Å². The third kappa shape index (κ3) is 5.46. The van der Waals surface area contributed by atoms with Crippen molar-refractivity contribution in [1.29, 1.82) is 0 Å². The number of hydrogen-bond donors (Lipinski definition) is 1. The number of rotatable bonds is 7. The van der Waals surface area contributed by atoms with Crippen LogP contribution in [0.4, 0.5) is 4.39 Å². The van der Waals surface area contributed by atoms with Crippen LogP contribution >= 0.6 is 0 Å². The van der Waals surface area contributed by atoms with Gasteiger partial charge in [0.15, 0.2) is 25.5 Å². The van der Waals surface area contributed by atoms with E-state index >= 15 is 0 Å². The highest BCUT2D eigenvalue weighted by atomic mass is 32.2. The molecule has 33 heavy (non-hydrogen) atoms. The van der Waals surface area contributed by atoms with E-state index in [0.29, 0.717) is 19.5 Å². The van der Waals surface area contributed by atoms with Gasteiger partial charge in [-0.05, 0) is 48.4 Å². The first-order valence-corrected chi connectivity index (χ1v) is 13.6. The Morgan fingerprint density at radius 3 is 2.33 bits per heavy atom. The lowest BCUT2D eigenvalue weighted by atomic mass is 10.1. The van der Waals surface area contributed by atoms with Crippen LogP contribution in [0.5, 0.6) is 0 Å². The Morgan fingerprint density at radius 1 is 1.06 bits per heavy atom. The summed E-state index contributed by atoms with van der Waals surface area (Å²) >= 11 is 0. The molecule has 3 aromatic rings. The first kappa shape index (κ1) is 23.5. The Kier molecular flexibility index (Phi) is 6.36. The SMILES string of the molecule is CS(=O)(=O)c1ccc(CN2CC(O)CC2c2nc(CS(=O)(=O)c3ccc(F)cc3)no2)cc1. The van der Waals surface area contributed by atoms with Crippen molar-refractivity contribution in [1.82, 2.24) is 15.0 Å². The molecule has 9 nitrogen and oxygen atoms in total. The monoisotopic (exact) mass is 495 g/mol. The Balaban J connectivity index is 1.49. The fraction of sp³-hybridized carbons (Fsp3) is 0.333. The van der Waals surface area contributed by atoms with Gasteiger partial charge in [-0.2, -0.15) is 4.98 Å². The van der Waals surface area contributed by atoms with Gasteiger partial charge in [-0.3, -0.25) is 4.90 Å². The quantitative estimate of drug-likeness (QED) is 0.488. The maximum atomic E-state index is 13.1. The molecular formula is C21H22FN3O6S2. The van der Waals surface area contributed by atoms with Gasteiger partial charge in [0.25, 0.3) is 0 Å². The van der Waals surface area contributed by atoms with Crippen LogP contribution in [-0.4, -0.2) is 55.9 Å². The molecule has 2 aromatic carbocycles. The first-order valence-electron chi connectivity index (χ1n) is 10.0. The number of nitrogens with zero attached hydrogens (tertiary/aromatic N) is 3. The van der Waals surface area contributed by atoms with Crippen LogP contribution in [0.2, 0.25) is 0 Å². The van der Waals surface area contributed by atoms with Crippen molar-refractivity contribution >= 4 is 19.7 Å². The zero-order chi connectivity index (χ0) is 23.8. The number of aliphatic hydroxyl groups is 1. The minimum Gasteiger partial charge on any atom is -0.392 e. The molecule has 1 aliphatic heterocycles. The van der Waals surface area contributed by atoms with Crippen molar-refractivity contribution in [3.05, 3.63) is 71.6 Å². The summed E-state index contributed by atoms with van der Waals surface area (Å²) in [7, 11) is -7.09. The van der Waals surface area contributed by atoms with Crippen molar-refractivity contribution in [3.63, 3.8) is 0 Å². The average Bonchev–Trinajstić information content (AvgIpc) is 3.33. The van der Waals surface area contributed by atoms with Crippen LogP contribution in [0.15, 0.2) is 62.8 Å². The molecule has 0 radical (unpaired) electrons. The van der Waals surface area contributed by atoms with Gasteiger partial charge in [-0.25, -0.2) is 21.2 Å². The summed E-state index contributed by atoms with van der Waals surface area (Å²) in [6.07, 6.45) is 0.829. The van der Waals surface area contributed by atoms with E-state index in [2.05, 4.69) is 10.1 Å². The molecule has 2 heterocycles. The maximum Gasteiger partial charge on any atom is 0.244 e. The van der Waals surface area contributed by atoms with Gasteiger partial charge >= 0.3 is 0 Å². The summed E-state index contributed by atoms with van der Waals surface area (Å²) in [6.45, 7) is 0.738. The molecule has 1 saturated heterocycles. The molecule has 0 bridgehead atoms. The van der Waals surface area contributed by atoms with E-state index in [4.69, 9.17) is 4.52 Å². The van der Waals surface area contributed by atoms with Gasteiger partial charge in [0.1, 0.15) is 11.6 Å². The van der Waals surface area contributed by atoms with Gasteiger partial charge in [0.05, 0.1) is 21.9 Å². The summed E-state index contributed by atoms with van der Waals surface area (Å²) in [6, 6.07) is 10.5. The van der Waals surface area contributed by atoms with Gasteiger partial charge in [0, 0.05) is 19.3 Å². The number of sulfone groups is 2. The number of halogens is 1. The van der Waals surface area contributed by atoms with Gasteiger partial charge in [0.2, 0.25) is 5.89 Å². The van der Waals surface area contributed by atoms with E-state index < -0.39 is 43.4 Å². The molecule has 0 aliphatic carbocycles. The lowest BCUT2D eigenvalue weighted by molar-refractivity contribution is 0.169. The number of aromatic nitrogens is 2. The van der Waals surface area contributed by atoms with Crippen LogP contribution in [0.25, 0.3) is 0 Å². The Morgan fingerprint density at radius 2 is 1.70 bits per heavy atom. The largest absolute Gasteiger partial charge is 0.392 e. The number of β-amino-alcohol motifs (C(OH)–C–C–N with tert-alkyl or cyclic N) is 1. The molecule has 1 fully saturated rings. The highest BCUT2D eigenvalue weighted by Crippen LogP contribution is 2.33. The molecule has 2 atom stereocenters. The second-order valence-corrected chi connectivity index (χ2v) is 12.0. The molecule has 176 valence electrons. The van der Waals surface area contributed by atoms with Crippen LogP contribution in [-0.2, 0) is 32.0 Å². The Hall–Kier alpha value is -2.67. The van der Waals surface area contributed by atoms with Crippen LogP contribution in [0.3, 0.4) is 0 Å². The van der Waals surface area contributed by atoms with Crippen molar-refractivity contribution in [2.45, 2.75) is 40.7 Å². The summed E-state index contributed by atoms with van der Waals surface area (Å²) in [5.74, 6) is -0.900. The topological polar surface area (TPSA) is 131 Å². The Bertz CT molecular complexity index is 1340. The number of hydrogen-bond acceptors (Lipinski definition) is 9. The van der Waals surface area contributed by atoms with Crippen LogP contribution in [0.1, 0.15) is 29.7 Å². The molecule has 2 unspecified atom stereocenters. The fourth-order valence-corrected chi connectivity index (χ4v) is 5.55. The molecule has 1 aliphatic rings. The molecule has 4 rings (SSSR count). The molecule has 0 saturated carbocycles. The van der Waals surface area contributed by atoms with E-state index in [1.54, 1.807) is 12.1 Å². The van der Waals surface area contributed by atoms with E-state index in [-0.39, 0.29) is 21.5 Å². The second-order valence-electron chi connectivity index (χ2n) is 8.01. The van der Waals surface area contributed by atoms with E-state index in [9.17, 15) is 26.3 Å². The van der Waals surface area contributed by atoms with Gasteiger partial charge < -0.3 is 9.63 Å². The van der Waals surface area contributed by atoms with Gasteiger partial charge in [-0.1, -0.05) is 17.3 Å². The molecule has 1 N–H and O–H groups in total. The van der Waals surface area contributed by atoms with Crippen molar-refractivity contribution in [2.24, 2.45) is 0 Å². The average molecular weight is 496 g/mol. The molecule has 0 spiro atoms. The highest BCUT2D eigenvalue weighted by molar-refractivity contribution is 7.91. The summed E-state index contributed by atoms with van der Waals surface area (Å²) in [4.78, 5) is 6.30. The van der Waals surface area contributed by atoms with E-state index in [1.165, 1.54) is 24.3 Å². The number of benzene rings is 2. The zero-order valence-electron chi connectivity index (χ0n) is 17.6. The second kappa shape index (κ2) is 8.93. The minimum atomic E-state index is -3.79. The first-order chi connectivity index (χ1) is 15.5. The normalized spacial score (nSPS) is 19.7. The van der Waals surface area contributed by atoms with Crippen LogP contribution in [0, 0.1) is 5.82 Å². The molecule has 1 aromatic heterocycles. The summed E-state index contributed by atoms with van der Waals surface area (Å²) < 4.78 is 66.8. The van der Waals surface area contributed by atoms with E-state index in [0.717, 1.165) is 24.0 Å². The van der Waals surface area contributed by atoms with Crippen molar-refractivity contribution in [3.8, 4) is 0 Å². The Labute approximate surface area is 190 Å². The summed E-state index contributed by atoms with van der Waals surface area (Å²) in [5, 5.41) is 14.0. The lowest BCUT2D eigenvalue weighted by Crippen LogP contribution is -2.24. The standard InChI is InChI=1S/C21H22FN3O6S2/c1-32(27,28)17-6-2-14(3-7-17)11-25-12-16(26)10-19(25)21-23-20(24-31-21)13-33(29,30)18-8-4-15(22)5-9-18/h2-9,16,19,26H,10-13H2,1H3. The zero-order valence-corrected chi connectivity index (χ0v) is 19.3. The smallest absolute Gasteiger partial charge is 0.244 e. The molecule has 12 heteroatoms. The van der Waals surface area contributed by atoms with Gasteiger partial charge in [-0.15, -0.1) is 0 Å².